The topological polar surface area (TPSA) is 49.2 Å². The maximum Gasteiger partial charge on any atom is 0.225 e. The molecule has 0 saturated heterocycles. The molecule has 0 aliphatic rings. The fourth-order valence-electron chi connectivity index (χ4n) is 1.56. The van der Waals surface area contributed by atoms with Crippen LogP contribution in [-0.2, 0) is 0 Å². The number of rotatable bonds is 4. The largest absolute Gasteiger partial charge is 0.395 e. The summed E-state index contributed by atoms with van der Waals surface area (Å²) in [5, 5.41) is 9.55. The van der Waals surface area contributed by atoms with Gasteiger partial charge in [-0.2, -0.15) is 0 Å². The van der Waals surface area contributed by atoms with Gasteiger partial charge in [0.1, 0.15) is 0 Å². The minimum absolute atomic E-state index is 0.0821. The first-order valence-electron chi connectivity index (χ1n) is 5.60. The summed E-state index contributed by atoms with van der Waals surface area (Å²) in [5.74, 6) is 0.599. The number of halogens is 1. The first kappa shape index (κ1) is 12.8. The van der Waals surface area contributed by atoms with Gasteiger partial charge in [0.25, 0.3) is 0 Å². The Bertz CT molecular complexity index is 499. The molecule has 4 nitrogen and oxygen atoms in total. The Morgan fingerprint density at radius 2 is 1.72 bits per heavy atom. The molecule has 0 spiro atoms. The van der Waals surface area contributed by atoms with Crippen LogP contribution >= 0.6 is 11.6 Å². The Hall–Kier alpha value is -1.65. The predicted molar refractivity (Wildman–Crippen MR) is 72.8 cm³/mol. The minimum Gasteiger partial charge on any atom is -0.395 e. The van der Waals surface area contributed by atoms with Gasteiger partial charge in [-0.25, -0.2) is 9.97 Å². The van der Waals surface area contributed by atoms with Gasteiger partial charge in [-0.1, -0.05) is 23.7 Å². The van der Waals surface area contributed by atoms with Gasteiger partial charge in [-0.15, -0.1) is 0 Å². The SMILES string of the molecule is CN(CCO)c1ncc(-c2ccc(Cl)cc2)cn1. The fraction of sp³-hybridized carbons (Fsp3) is 0.231. The summed E-state index contributed by atoms with van der Waals surface area (Å²) in [6.45, 7) is 0.596. The Kier molecular flexibility index (Phi) is 4.12. The molecule has 0 atom stereocenters. The highest BCUT2D eigenvalue weighted by molar-refractivity contribution is 6.30. The quantitative estimate of drug-likeness (QED) is 0.919. The van der Waals surface area contributed by atoms with Crippen molar-refractivity contribution in [3.63, 3.8) is 0 Å². The van der Waals surface area contributed by atoms with Crippen LogP contribution in [0.5, 0.6) is 0 Å². The number of anilines is 1. The van der Waals surface area contributed by atoms with Crippen LogP contribution in [0.25, 0.3) is 11.1 Å². The smallest absolute Gasteiger partial charge is 0.225 e. The second kappa shape index (κ2) is 5.80. The predicted octanol–water partition coefficient (Wildman–Crippen LogP) is 2.23. The van der Waals surface area contributed by atoms with Gasteiger partial charge in [-0.3, -0.25) is 0 Å². The Labute approximate surface area is 111 Å². The van der Waals surface area contributed by atoms with E-state index in [1.54, 1.807) is 17.3 Å². The number of hydrogen-bond acceptors (Lipinski definition) is 4. The van der Waals surface area contributed by atoms with Crippen molar-refractivity contribution < 1.29 is 5.11 Å². The van der Waals surface area contributed by atoms with Gasteiger partial charge in [0.15, 0.2) is 0 Å². The number of aliphatic hydroxyl groups excluding tert-OH is 1. The molecule has 0 bridgehead atoms. The highest BCUT2D eigenvalue weighted by atomic mass is 35.5. The second-order valence-corrected chi connectivity index (χ2v) is 4.36. The average Bonchev–Trinajstić information content (AvgIpc) is 2.40. The van der Waals surface area contributed by atoms with Crippen LogP contribution in [0.3, 0.4) is 0 Å². The molecular formula is C13H14ClN3O. The first-order valence-corrected chi connectivity index (χ1v) is 5.98. The third kappa shape index (κ3) is 2.97. The lowest BCUT2D eigenvalue weighted by molar-refractivity contribution is 0.303. The summed E-state index contributed by atoms with van der Waals surface area (Å²) < 4.78 is 0. The second-order valence-electron chi connectivity index (χ2n) is 3.92. The number of likely N-dealkylation sites (N-methyl/N-ethyl adjacent to an activating group) is 1. The number of benzene rings is 1. The van der Waals surface area contributed by atoms with Gasteiger partial charge in [0, 0.05) is 36.6 Å². The van der Waals surface area contributed by atoms with Crippen molar-refractivity contribution in [1.29, 1.82) is 0 Å². The lowest BCUT2D eigenvalue weighted by Gasteiger charge is -2.15. The van der Waals surface area contributed by atoms with Crippen LogP contribution in [0.2, 0.25) is 5.02 Å². The zero-order valence-electron chi connectivity index (χ0n) is 10.0. The minimum atomic E-state index is 0.0821. The van der Waals surface area contributed by atoms with Gasteiger partial charge in [0.2, 0.25) is 5.95 Å². The number of aromatic nitrogens is 2. The van der Waals surface area contributed by atoms with Crippen LogP contribution in [0.1, 0.15) is 0 Å². The molecule has 0 aliphatic carbocycles. The van der Waals surface area contributed by atoms with Crippen molar-refractivity contribution in [2.75, 3.05) is 25.1 Å². The van der Waals surface area contributed by atoms with Crippen molar-refractivity contribution in [3.8, 4) is 11.1 Å². The van der Waals surface area contributed by atoms with E-state index in [2.05, 4.69) is 9.97 Å². The molecule has 94 valence electrons. The molecule has 1 aromatic heterocycles. The van der Waals surface area contributed by atoms with Crippen molar-refractivity contribution in [3.05, 3.63) is 41.7 Å². The van der Waals surface area contributed by atoms with Crippen LogP contribution < -0.4 is 4.90 Å². The normalized spacial score (nSPS) is 10.4. The molecule has 1 heterocycles. The molecule has 1 aromatic carbocycles. The van der Waals surface area contributed by atoms with Gasteiger partial charge in [0.05, 0.1) is 6.61 Å². The van der Waals surface area contributed by atoms with E-state index >= 15 is 0 Å². The molecule has 2 rings (SSSR count). The van der Waals surface area contributed by atoms with E-state index in [1.165, 1.54) is 0 Å². The van der Waals surface area contributed by atoms with Crippen LogP contribution in [0.15, 0.2) is 36.7 Å². The standard InChI is InChI=1S/C13H14ClN3O/c1-17(6-7-18)13-15-8-11(9-16-13)10-2-4-12(14)5-3-10/h2-5,8-9,18H,6-7H2,1H3. The van der Waals surface area contributed by atoms with E-state index in [0.717, 1.165) is 11.1 Å². The van der Waals surface area contributed by atoms with Gasteiger partial charge < -0.3 is 10.0 Å². The molecule has 18 heavy (non-hydrogen) atoms. The van der Waals surface area contributed by atoms with Crippen molar-refractivity contribution in [2.24, 2.45) is 0 Å². The van der Waals surface area contributed by atoms with E-state index in [0.29, 0.717) is 17.5 Å². The molecule has 0 saturated carbocycles. The molecule has 0 fully saturated rings. The Morgan fingerprint density at radius 1 is 1.11 bits per heavy atom. The van der Waals surface area contributed by atoms with E-state index in [-0.39, 0.29) is 6.61 Å². The van der Waals surface area contributed by atoms with Crippen LogP contribution in [0, 0.1) is 0 Å². The zero-order valence-corrected chi connectivity index (χ0v) is 10.8. The monoisotopic (exact) mass is 263 g/mol. The summed E-state index contributed by atoms with van der Waals surface area (Å²) in [6.07, 6.45) is 3.53. The highest BCUT2D eigenvalue weighted by Crippen LogP contribution is 2.20. The summed E-state index contributed by atoms with van der Waals surface area (Å²) in [7, 11) is 1.84. The van der Waals surface area contributed by atoms with Crippen LogP contribution in [-0.4, -0.2) is 35.3 Å². The molecule has 0 amide bonds. The highest BCUT2D eigenvalue weighted by Gasteiger charge is 2.04. The van der Waals surface area contributed by atoms with E-state index in [4.69, 9.17) is 16.7 Å². The summed E-state index contributed by atoms with van der Waals surface area (Å²) in [5.41, 5.74) is 1.96. The molecular weight excluding hydrogens is 250 g/mol. The summed E-state index contributed by atoms with van der Waals surface area (Å²) >= 11 is 5.84. The van der Waals surface area contributed by atoms with Crippen molar-refractivity contribution in [1.82, 2.24) is 9.97 Å². The summed E-state index contributed by atoms with van der Waals surface area (Å²) in [6, 6.07) is 7.53. The molecule has 0 unspecified atom stereocenters. The van der Waals surface area contributed by atoms with Crippen molar-refractivity contribution in [2.45, 2.75) is 0 Å². The third-order valence-electron chi connectivity index (χ3n) is 2.59. The molecule has 0 radical (unpaired) electrons. The van der Waals surface area contributed by atoms with E-state index in [1.807, 2.05) is 31.3 Å². The number of aliphatic hydroxyl groups is 1. The first-order chi connectivity index (χ1) is 8.70. The number of nitrogens with zero attached hydrogens (tertiary/aromatic N) is 3. The lowest BCUT2D eigenvalue weighted by Crippen LogP contribution is -2.23. The Balaban J connectivity index is 2.19. The molecule has 5 heteroatoms. The van der Waals surface area contributed by atoms with Crippen molar-refractivity contribution >= 4 is 17.5 Å². The van der Waals surface area contributed by atoms with Gasteiger partial charge in [-0.05, 0) is 17.7 Å². The maximum absolute atomic E-state index is 8.85. The van der Waals surface area contributed by atoms with E-state index in [9.17, 15) is 0 Å². The zero-order chi connectivity index (χ0) is 13.0. The molecule has 0 aliphatic heterocycles. The summed E-state index contributed by atoms with van der Waals surface area (Å²) in [4.78, 5) is 10.3. The van der Waals surface area contributed by atoms with E-state index < -0.39 is 0 Å². The third-order valence-corrected chi connectivity index (χ3v) is 2.84. The fourth-order valence-corrected chi connectivity index (χ4v) is 1.69. The van der Waals surface area contributed by atoms with Crippen LogP contribution in [0.4, 0.5) is 5.95 Å². The maximum atomic E-state index is 8.85. The molecule has 1 N–H and O–H groups in total. The Morgan fingerprint density at radius 3 is 2.28 bits per heavy atom. The average molecular weight is 264 g/mol. The number of hydrogen-bond donors (Lipinski definition) is 1. The molecule has 2 aromatic rings. The lowest BCUT2D eigenvalue weighted by atomic mass is 10.1. The van der Waals surface area contributed by atoms with Gasteiger partial charge >= 0.3 is 0 Å².